The van der Waals surface area contributed by atoms with Crippen molar-refractivity contribution < 1.29 is 23.4 Å². The lowest BCUT2D eigenvalue weighted by atomic mass is 10.2. The molecule has 0 fully saturated rings. The minimum atomic E-state index is -0.646. The first kappa shape index (κ1) is 25.4. The van der Waals surface area contributed by atoms with Gasteiger partial charge < -0.3 is 19.5 Å². The Kier molecular flexibility index (Phi) is 7.73. The minimum Gasteiger partial charge on any atom is -0.493 e. The molecule has 11 heteroatoms. The Balaban J connectivity index is 1.49. The first-order chi connectivity index (χ1) is 17.3. The number of fused-ring (bicyclic) bond motifs is 1. The van der Waals surface area contributed by atoms with Crippen LogP contribution in [-0.2, 0) is 0 Å². The fraction of sp³-hybridized carbons (Fsp3) is 0.0800. The van der Waals surface area contributed by atoms with Crippen LogP contribution in [0.2, 0.25) is 10.0 Å². The number of nitrogens with zero attached hydrogens (tertiary/aromatic N) is 1. The van der Waals surface area contributed by atoms with E-state index in [2.05, 4.69) is 15.6 Å². The predicted molar refractivity (Wildman–Crippen MR) is 141 cm³/mol. The highest BCUT2D eigenvalue weighted by Gasteiger charge is 2.14. The van der Waals surface area contributed by atoms with Gasteiger partial charge in [-0.15, -0.1) is 0 Å². The summed E-state index contributed by atoms with van der Waals surface area (Å²) in [6.07, 6.45) is 1.57. The number of carbonyl (C=O) groups is 1. The molecule has 3 aromatic carbocycles. The topological polar surface area (TPSA) is 81.7 Å². The number of amides is 1. The third-order valence-corrected chi connectivity index (χ3v) is 5.62. The standard InChI is InChI=1S/C25H18Cl2FN3O4S/c1-33-22-11-17-20(12-23(22)34-2)29-6-5-21(17)35-16-3-4-19(18(28)10-16)30-25(36)31-24(32)13-7-14(26)9-15(27)8-13/h3-12H,1-2H3,(H2,30,31,32,36). The van der Waals surface area contributed by atoms with Gasteiger partial charge in [0.1, 0.15) is 17.3 Å². The van der Waals surface area contributed by atoms with Gasteiger partial charge in [0.25, 0.3) is 5.91 Å². The Morgan fingerprint density at radius 1 is 0.944 bits per heavy atom. The lowest BCUT2D eigenvalue weighted by Gasteiger charge is -2.14. The van der Waals surface area contributed by atoms with E-state index in [1.54, 1.807) is 30.5 Å². The van der Waals surface area contributed by atoms with Crippen molar-refractivity contribution in [2.24, 2.45) is 0 Å². The zero-order valence-corrected chi connectivity index (χ0v) is 21.2. The molecule has 0 radical (unpaired) electrons. The molecule has 7 nitrogen and oxygen atoms in total. The third-order valence-electron chi connectivity index (χ3n) is 4.98. The van der Waals surface area contributed by atoms with Crippen molar-refractivity contribution in [1.29, 1.82) is 0 Å². The van der Waals surface area contributed by atoms with Gasteiger partial charge in [0, 0.05) is 39.3 Å². The second-order valence-electron chi connectivity index (χ2n) is 7.34. The SMILES string of the molecule is COc1cc2nccc(Oc3ccc(NC(=S)NC(=O)c4cc(Cl)cc(Cl)c4)c(F)c3)c2cc1OC. The number of ether oxygens (including phenoxy) is 3. The number of anilines is 1. The van der Waals surface area contributed by atoms with Crippen LogP contribution in [0, 0.1) is 5.82 Å². The predicted octanol–water partition coefficient (Wildman–Crippen LogP) is 6.62. The summed E-state index contributed by atoms with van der Waals surface area (Å²) in [5.74, 6) is 0.524. The van der Waals surface area contributed by atoms with E-state index in [4.69, 9.17) is 49.6 Å². The third kappa shape index (κ3) is 5.76. The summed E-state index contributed by atoms with van der Waals surface area (Å²) < 4.78 is 31.4. The maximum atomic E-state index is 14.8. The molecule has 0 unspecified atom stereocenters. The number of hydrogen-bond acceptors (Lipinski definition) is 6. The lowest BCUT2D eigenvalue weighted by Crippen LogP contribution is -2.34. The Bertz CT molecular complexity index is 1470. The van der Waals surface area contributed by atoms with E-state index in [-0.39, 0.29) is 22.1 Å². The summed E-state index contributed by atoms with van der Waals surface area (Å²) in [6.45, 7) is 0. The molecule has 4 aromatic rings. The summed E-state index contributed by atoms with van der Waals surface area (Å²) in [6, 6.07) is 13.7. The largest absolute Gasteiger partial charge is 0.493 e. The van der Waals surface area contributed by atoms with Gasteiger partial charge in [-0.25, -0.2) is 4.39 Å². The van der Waals surface area contributed by atoms with Crippen molar-refractivity contribution in [3.8, 4) is 23.0 Å². The molecular weight excluding hydrogens is 528 g/mol. The molecule has 0 saturated heterocycles. The van der Waals surface area contributed by atoms with Crippen LogP contribution >= 0.6 is 35.4 Å². The number of hydrogen-bond donors (Lipinski definition) is 2. The molecule has 0 saturated carbocycles. The summed E-state index contributed by atoms with van der Waals surface area (Å²) in [5, 5.41) is 6.26. The number of aromatic nitrogens is 1. The molecule has 0 atom stereocenters. The van der Waals surface area contributed by atoms with Crippen LogP contribution in [0.3, 0.4) is 0 Å². The molecule has 184 valence electrons. The van der Waals surface area contributed by atoms with Gasteiger partial charge in [0.2, 0.25) is 0 Å². The van der Waals surface area contributed by atoms with Gasteiger partial charge in [-0.2, -0.15) is 0 Å². The first-order valence-corrected chi connectivity index (χ1v) is 11.5. The maximum absolute atomic E-state index is 14.8. The van der Waals surface area contributed by atoms with Gasteiger partial charge in [-0.3, -0.25) is 15.1 Å². The first-order valence-electron chi connectivity index (χ1n) is 10.3. The van der Waals surface area contributed by atoms with Crippen molar-refractivity contribution in [2.75, 3.05) is 19.5 Å². The summed E-state index contributed by atoms with van der Waals surface area (Å²) >= 11 is 17.0. The Morgan fingerprint density at radius 3 is 2.31 bits per heavy atom. The lowest BCUT2D eigenvalue weighted by molar-refractivity contribution is 0.0977. The van der Waals surface area contributed by atoms with E-state index in [1.807, 2.05) is 0 Å². The summed E-state index contributed by atoms with van der Waals surface area (Å²) in [7, 11) is 3.06. The number of methoxy groups -OCH3 is 2. The number of pyridine rings is 1. The van der Waals surface area contributed by atoms with Crippen molar-refractivity contribution in [3.05, 3.63) is 82.2 Å². The van der Waals surface area contributed by atoms with E-state index in [0.29, 0.717) is 38.2 Å². The quantitative estimate of drug-likeness (QED) is 0.263. The van der Waals surface area contributed by atoms with E-state index >= 15 is 0 Å². The molecule has 36 heavy (non-hydrogen) atoms. The normalized spacial score (nSPS) is 10.6. The number of nitrogens with one attached hydrogen (secondary N) is 2. The molecule has 0 bridgehead atoms. The van der Waals surface area contributed by atoms with Crippen LogP contribution < -0.4 is 24.8 Å². The number of benzene rings is 3. The van der Waals surface area contributed by atoms with Gasteiger partial charge in [0.05, 0.1) is 25.4 Å². The Hall–Kier alpha value is -3.66. The molecule has 1 heterocycles. The van der Waals surface area contributed by atoms with Crippen LogP contribution in [-0.4, -0.2) is 30.2 Å². The monoisotopic (exact) mass is 545 g/mol. The molecule has 2 N–H and O–H groups in total. The van der Waals surface area contributed by atoms with Gasteiger partial charge in [0.15, 0.2) is 16.6 Å². The smallest absolute Gasteiger partial charge is 0.257 e. The van der Waals surface area contributed by atoms with E-state index in [9.17, 15) is 9.18 Å². The van der Waals surface area contributed by atoms with Crippen molar-refractivity contribution >= 4 is 63.0 Å². The van der Waals surface area contributed by atoms with Gasteiger partial charge in [-0.05, 0) is 54.7 Å². The molecular formula is C25H18Cl2FN3O4S. The zero-order valence-electron chi connectivity index (χ0n) is 18.9. The number of carbonyl (C=O) groups excluding carboxylic acids is 1. The molecule has 0 aliphatic carbocycles. The highest BCUT2D eigenvalue weighted by molar-refractivity contribution is 7.80. The van der Waals surface area contributed by atoms with Gasteiger partial charge in [-0.1, -0.05) is 23.2 Å². The van der Waals surface area contributed by atoms with Crippen LogP contribution in [0.1, 0.15) is 10.4 Å². The summed E-state index contributed by atoms with van der Waals surface area (Å²) in [5.41, 5.74) is 0.869. The average molecular weight is 546 g/mol. The van der Waals surface area contributed by atoms with Crippen LogP contribution in [0.15, 0.2) is 60.8 Å². The minimum absolute atomic E-state index is 0.0442. The van der Waals surface area contributed by atoms with E-state index < -0.39 is 11.7 Å². The van der Waals surface area contributed by atoms with E-state index in [1.165, 1.54) is 44.6 Å². The van der Waals surface area contributed by atoms with Crippen LogP contribution in [0.4, 0.5) is 10.1 Å². The number of rotatable bonds is 6. The number of thiocarbonyl (C=S) groups is 1. The van der Waals surface area contributed by atoms with Gasteiger partial charge >= 0.3 is 0 Å². The maximum Gasteiger partial charge on any atom is 0.257 e. The molecule has 1 aromatic heterocycles. The van der Waals surface area contributed by atoms with E-state index in [0.717, 1.165) is 0 Å². The molecule has 1 amide bonds. The number of halogens is 3. The Morgan fingerprint density at radius 2 is 1.64 bits per heavy atom. The molecule has 0 aliphatic rings. The van der Waals surface area contributed by atoms with Crippen molar-refractivity contribution in [3.63, 3.8) is 0 Å². The molecule has 0 spiro atoms. The fourth-order valence-electron chi connectivity index (χ4n) is 3.34. The van der Waals surface area contributed by atoms with Crippen molar-refractivity contribution in [1.82, 2.24) is 10.3 Å². The van der Waals surface area contributed by atoms with Crippen molar-refractivity contribution in [2.45, 2.75) is 0 Å². The zero-order chi connectivity index (χ0) is 25.8. The molecule has 0 aliphatic heterocycles. The highest BCUT2D eigenvalue weighted by Crippen LogP contribution is 2.37. The fourth-order valence-corrected chi connectivity index (χ4v) is 4.07. The average Bonchev–Trinajstić information content (AvgIpc) is 2.84. The highest BCUT2D eigenvalue weighted by atomic mass is 35.5. The second-order valence-corrected chi connectivity index (χ2v) is 8.62. The summed E-state index contributed by atoms with van der Waals surface area (Å²) in [4.78, 5) is 16.7. The van der Waals surface area contributed by atoms with Crippen LogP contribution in [0.5, 0.6) is 23.0 Å². The molecule has 4 rings (SSSR count). The van der Waals surface area contributed by atoms with Crippen LogP contribution in [0.25, 0.3) is 10.9 Å². The second kappa shape index (κ2) is 10.9. The Labute approximate surface area is 221 Å².